The maximum absolute atomic E-state index is 4.56. The summed E-state index contributed by atoms with van der Waals surface area (Å²) < 4.78 is 0. The van der Waals surface area contributed by atoms with Crippen LogP contribution in [0.25, 0.3) is 11.1 Å². The number of hydrogen-bond acceptors (Lipinski definition) is 5. The van der Waals surface area contributed by atoms with Gasteiger partial charge in [0, 0.05) is 43.2 Å². The van der Waals surface area contributed by atoms with Gasteiger partial charge in [0.1, 0.15) is 18.0 Å². The maximum Gasteiger partial charge on any atom is 0.139 e. The summed E-state index contributed by atoms with van der Waals surface area (Å²) >= 11 is 0. The Morgan fingerprint density at radius 2 is 1.62 bits per heavy atom. The predicted molar refractivity (Wildman–Crippen MR) is 93.7 cm³/mol. The van der Waals surface area contributed by atoms with Crippen LogP contribution >= 0.6 is 0 Å². The molecule has 0 amide bonds. The lowest BCUT2D eigenvalue weighted by molar-refractivity contribution is 0.483. The molecule has 1 fully saturated rings. The molecular weight excluding hydrogens is 298 g/mol. The first kappa shape index (κ1) is 14.8. The molecule has 0 saturated carbocycles. The molecule has 1 aromatic carbocycles. The highest BCUT2D eigenvalue weighted by atomic mass is 15.2. The highest BCUT2D eigenvalue weighted by molar-refractivity contribution is 5.74. The Labute approximate surface area is 141 Å². The second-order valence-corrected chi connectivity index (χ2v) is 5.99. The van der Waals surface area contributed by atoms with Crippen LogP contribution in [0.2, 0.25) is 0 Å². The number of nitrogens with zero attached hydrogens (tertiary/aromatic N) is 5. The normalized spacial score (nSPS) is 15.4. The first-order chi connectivity index (χ1) is 11.9. The van der Waals surface area contributed by atoms with Crippen LogP contribution in [-0.4, -0.2) is 33.0 Å². The summed E-state index contributed by atoms with van der Waals surface area (Å²) in [4.78, 5) is 20.0. The Bertz CT molecular complexity index is 783. The van der Waals surface area contributed by atoms with Crippen molar-refractivity contribution in [2.75, 3.05) is 18.0 Å². The van der Waals surface area contributed by atoms with Crippen LogP contribution < -0.4 is 4.90 Å². The lowest BCUT2D eigenvalue weighted by atomic mass is 9.95. The van der Waals surface area contributed by atoms with Gasteiger partial charge in [-0.25, -0.2) is 19.9 Å². The smallest absolute Gasteiger partial charge is 0.139 e. The van der Waals surface area contributed by atoms with Crippen LogP contribution in [-0.2, 0) is 0 Å². The molecular formula is C19H19N5. The van der Waals surface area contributed by atoms with Gasteiger partial charge < -0.3 is 4.90 Å². The number of benzene rings is 1. The van der Waals surface area contributed by atoms with E-state index in [1.54, 1.807) is 6.33 Å². The highest BCUT2D eigenvalue weighted by Crippen LogP contribution is 2.32. The van der Waals surface area contributed by atoms with Gasteiger partial charge >= 0.3 is 0 Å². The average Bonchev–Trinajstić information content (AvgIpc) is 2.69. The van der Waals surface area contributed by atoms with Gasteiger partial charge in [0.15, 0.2) is 0 Å². The van der Waals surface area contributed by atoms with Crippen molar-refractivity contribution < 1.29 is 0 Å². The molecule has 120 valence electrons. The number of rotatable bonds is 3. The highest BCUT2D eigenvalue weighted by Gasteiger charge is 2.24. The van der Waals surface area contributed by atoms with E-state index in [-0.39, 0.29) is 0 Å². The van der Waals surface area contributed by atoms with E-state index in [0.717, 1.165) is 48.7 Å². The van der Waals surface area contributed by atoms with Gasteiger partial charge in [0.05, 0.1) is 0 Å². The largest absolute Gasteiger partial charge is 0.356 e. The van der Waals surface area contributed by atoms with Crippen LogP contribution in [0.5, 0.6) is 0 Å². The molecule has 3 aromatic rings. The molecule has 0 aliphatic carbocycles. The lowest BCUT2D eigenvalue weighted by Gasteiger charge is -2.33. The summed E-state index contributed by atoms with van der Waals surface area (Å²) in [5, 5.41) is 0. The van der Waals surface area contributed by atoms with Crippen LogP contribution in [0, 0.1) is 0 Å². The third-order valence-corrected chi connectivity index (χ3v) is 4.52. The predicted octanol–water partition coefficient (Wildman–Crippen LogP) is 3.32. The molecule has 5 heteroatoms. The van der Waals surface area contributed by atoms with Crippen molar-refractivity contribution in [1.29, 1.82) is 0 Å². The van der Waals surface area contributed by atoms with E-state index >= 15 is 0 Å². The minimum atomic E-state index is 0.435. The summed E-state index contributed by atoms with van der Waals surface area (Å²) in [5.74, 6) is 2.41. The first-order valence-electron chi connectivity index (χ1n) is 8.29. The van der Waals surface area contributed by atoms with Gasteiger partial charge in [-0.05, 0) is 24.5 Å². The Kier molecular flexibility index (Phi) is 4.14. The molecule has 0 radical (unpaired) electrons. The minimum absolute atomic E-state index is 0.435. The third kappa shape index (κ3) is 2.97. The topological polar surface area (TPSA) is 54.8 Å². The molecule has 3 heterocycles. The Morgan fingerprint density at radius 3 is 2.38 bits per heavy atom. The number of anilines is 1. The fourth-order valence-corrected chi connectivity index (χ4v) is 3.27. The van der Waals surface area contributed by atoms with Crippen molar-refractivity contribution in [2.45, 2.75) is 18.8 Å². The summed E-state index contributed by atoms with van der Waals surface area (Å²) in [6.07, 6.45) is 9.28. The van der Waals surface area contributed by atoms with Gasteiger partial charge in [-0.2, -0.15) is 0 Å². The van der Waals surface area contributed by atoms with E-state index in [1.807, 2.05) is 42.9 Å². The number of aromatic nitrogens is 4. The standard InChI is InChI=1S/C19H19N5/c1-2-5-15(6-3-1)17-13-20-14-23-19(17)24-11-7-16(8-12-24)18-21-9-4-10-22-18/h1-6,9-10,13-14,16H,7-8,11-12H2. The van der Waals surface area contributed by atoms with E-state index in [1.165, 1.54) is 0 Å². The molecule has 0 N–H and O–H groups in total. The van der Waals surface area contributed by atoms with Crippen LogP contribution in [0.3, 0.4) is 0 Å². The average molecular weight is 317 g/mol. The molecule has 0 bridgehead atoms. The second-order valence-electron chi connectivity index (χ2n) is 5.99. The van der Waals surface area contributed by atoms with Crippen molar-refractivity contribution in [1.82, 2.24) is 19.9 Å². The molecule has 24 heavy (non-hydrogen) atoms. The molecule has 4 rings (SSSR count). The van der Waals surface area contributed by atoms with Gasteiger partial charge in [0.25, 0.3) is 0 Å². The molecule has 5 nitrogen and oxygen atoms in total. The summed E-state index contributed by atoms with van der Waals surface area (Å²) in [5.41, 5.74) is 2.24. The molecule has 2 aromatic heterocycles. The van der Waals surface area contributed by atoms with Crippen molar-refractivity contribution in [3.8, 4) is 11.1 Å². The van der Waals surface area contributed by atoms with Crippen molar-refractivity contribution >= 4 is 5.82 Å². The Balaban J connectivity index is 1.54. The second kappa shape index (κ2) is 6.74. The molecule has 1 aliphatic rings. The monoisotopic (exact) mass is 317 g/mol. The molecule has 0 unspecified atom stereocenters. The SMILES string of the molecule is c1ccc(-c2cncnc2N2CCC(c3ncccn3)CC2)cc1. The van der Waals surface area contributed by atoms with Crippen LogP contribution in [0.15, 0.2) is 61.3 Å². The summed E-state index contributed by atoms with van der Waals surface area (Å²) in [7, 11) is 0. The van der Waals surface area contributed by atoms with E-state index < -0.39 is 0 Å². The fraction of sp³-hybridized carbons (Fsp3) is 0.263. The quantitative estimate of drug-likeness (QED) is 0.742. The van der Waals surface area contributed by atoms with E-state index in [9.17, 15) is 0 Å². The zero-order valence-corrected chi connectivity index (χ0v) is 13.4. The molecule has 0 atom stereocenters. The first-order valence-corrected chi connectivity index (χ1v) is 8.29. The maximum atomic E-state index is 4.56. The van der Waals surface area contributed by atoms with Crippen LogP contribution in [0.4, 0.5) is 5.82 Å². The zero-order valence-electron chi connectivity index (χ0n) is 13.4. The van der Waals surface area contributed by atoms with Gasteiger partial charge in [-0.3, -0.25) is 0 Å². The van der Waals surface area contributed by atoms with Gasteiger partial charge in [-0.1, -0.05) is 30.3 Å². The lowest BCUT2D eigenvalue weighted by Crippen LogP contribution is -2.34. The van der Waals surface area contributed by atoms with E-state index in [4.69, 9.17) is 0 Å². The molecule has 1 aliphatic heterocycles. The van der Waals surface area contributed by atoms with Gasteiger partial charge in [-0.15, -0.1) is 0 Å². The van der Waals surface area contributed by atoms with Crippen LogP contribution in [0.1, 0.15) is 24.6 Å². The zero-order chi connectivity index (χ0) is 16.2. The molecule has 1 saturated heterocycles. The van der Waals surface area contributed by atoms with E-state index in [0.29, 0.717) is 5.92 Å². The number of piperidine rings is 1. The summed E-state index contributed by atoms with van der Waals surface area (Å²) in [6.45, 7) is 1.92. The molecule has 0 spiro atoms. The van der Waals surface area contributed by atoms with Crippen molar-refractivity contribution in [3.63, 3.8) is 0 Å². The summed E-state index contributed by atoms with van der Waals surface area (Å²) in [6, 6.07) is 12.2. The number of hydrogen-bond donors (Lipinski definition) is 0. The Morgan fingerprint density at radius 1 is 0.875 bits per heavy atom. The van der Waals surface area contributed by atoms with Gasteiger partial charge in [0.2, 0.25) is 0 Å². The fourth-order valence-electron chi connectivity index (χ4n) is 3.27. The van der Waals surface area contributed by atoms with E-state index in [2.05, 4.69) is 37.0 Å². The third-order valence-electron chi connectivity index (χ3n) is 4.52. The Hall–Kier alpha value is -2.82. The van der Waals surface area contributed by atoms with Crippen molar-refractivity contribution in [2.24, 2.45) is 0 Å². The minimum Gasteiger partial charge on any atom is -0.356 e. The van der Waals surface area contributed by atoms with Crippen molar-refractivity contribution in [3.05, 3.63) is 67.1 Å².